The summed E-state index contributed by atoms with van der Waals surface area (Å²) in [7, 11) is 0. The molecule has 2 aromatic rings. The lowest BCUT2D eigenvalue weighted by molar-refractivity contribution is -0.119. The summed E-state index contributed by atoms with van der Waals surface area (Å²) in [6, 6.07) is 14.7. The number of benzene rings is 2. The Labute approximate surface area is 129 Å². The van der Waals surface area contributed by atoms with Crippen LogP contribution in [0.25, 0.3) is 0 Å². The van der Waals surface area contributed by atoms with E-state index in [4.69, 9.17) is 4.74 Å². The first-order valence-electron chi connectivity index (χ1n) is 7.45. The zero-order chi connectivity index (χ0) is 15.4. The van der Waals surface area contributed by atoms with E-state index in [0.29, 0.717) is 44.0 Å². The molecule has 4 heteroatoms. The molecule has 0 spiro atoms. The molecule has 0 amide bonds. The summed E-state index contributed by atoms with van der Waals surface area (Å²) in [6.45, 7) is 1.58. The fourth-order valence-electron chi connectivity index (χ4n) is 2.57. The Kier molecular flexibility index (Phi) is 4.37. The van der Waals surface area contributed by atoms with Crippen molar-refractivity contribution in [3.05, 3.63) is 59.9 Å². The number of rotatable bonds is 4. The van der Waals surface area contributed by atoms with Gasteiger partial charge in [0.05, 0.1) is 5.69 Å². The van der Waals surface area contributed by atoms with Crippen LogP contribution in [0.1, 0.15) is 18.4 Å². The van der Waals surface area contributed by atoms with Gasteiger partial charge >= 0.3 is 0 Å². The maximum atomic E-state index is 14.3. The van der Waals surface area contributed by atoms with Crippen LogP contribution >= 0.6 is 0 Å². The van der Waals surface area contributed by atoms with Crippen LogP contribution in [0.5, 0.6) is 5.75 Å². The van der Waals surface area contributed by atoms with Gasteiger partial charge in [-0.15, -0.1) is 0 Å². The van der Waals surface area contributed by atoms with Gasteiger partial charge in [0.1, 0.15) is 24.0 Å². The molecule has 0 bridgehead atoms. The standard InChI is InChI=1S/C18H18FNO2/c19-17-12-16(22-13-14-4-2-1-3-5-14)6-7-18(17)20-10-8-15(21)9-11-20/h1-7,12H,8-11,13H2. The Bertz CT molecular complexity index is 647. The van der Waals surface area contributed by atoms with Crippen LogP contribution in [0.4, 0.5) is 10.1 Å². The molecule has 2 aromatic carbocycles. The van der Waals surface area contributed by atoms with Crippen molar-refractivity contribution in [2.75, 3.05) is 18.0 Å². The molecular weight excluding hydrogens is 281 g/mol. The van der Waals surface area contributed by atoms with E-state index < -0.39 is 0 Å². The minimum atomic E-state index is -0.306. The van der Waals surface area contributed by atoms with Crippen molar-refractivity contribution in [3.63, 3.8) is 0 Å². The van der Waals surface area contributed by atoms with Gasteiger partial charge in [-0.25, -0.2) is 4.39 Å². The maximum Gasteiger partial charge on any atom is 0.150 e. The monoisotopic (exact) mass is 299 g/mol. The van der Waals surface area contributed by atoms with Gasteiger partial charge in [-0.1, -0.05) is 30.3 Å². The second kappa shape index (κ2) is 6.60. The number of anilines is 1. The lowest BCUT2D eigenvalue weighted by atomic mass is 10.1. The Morgan fingerprint density at radius 3 is 2.45 bits per heavy atom. The number of carbonyl (C=O) groups is 1. The quantitative estimate of drug-likeness (QED) is 0.864. The predicted octanol–water partition coefficient (Wildman–Crippen LogP) is 3.57. The van der Waals surface area contributed by atoms with Crippen LogP contribution in [0.3, 0.4) is 0 Å². The van der Waals surface area contributed by atoms with Crippen molar-refractivity contribution in [1.29, 1.82) is 0 Å². The van der Waals surface area contributed by atoms with Crippen molar-refractivity contribution in [1.82, 2.24) is 0 Å². The molecule has 114 valence electrons. The smallest absolute Gasteiger partial charge is 0.150 e. The molecule has 0 N–H and O–H groups in total. The molecule has 0 atom stereocenters. The topological polar surface area (TPSA) is 29.5 Å². The molecule has 1 heterocycles. The van der Waals surface area contributed by atoms with Gasteiger partial charge in [0.25, 0.3) is 0 Å². The summed E-state index contributed by atoms with van der Waals surface area (Å²) in [5.41, 5.74) is 1.58. The largest absolute Gasteiger partial charge is 0.489 e. The Balaban J connectivity index is 1.65. The minimum Gasteiger partial charge on any atom is -0.489 e. The third-order valence-electron chi connectivity index (χ3n) is 3.83. The molecule has 1 aliphatic rings. The van der Waals surface area contributed by atoms with Crippen LogP contribution in [0, 0.1) is 5.82 Å². The first-order chi connectivity index (χ1) is 10.7. The number of piperidine rings is 1. The van der Waals surface area contributed by atoms with Crippen LogP contribution in [0.2, 0.25) is 0 Å². The molecule has 0 saturated carbocycles. The average Bonchev–Trinajstić information content (AvgIpc) is 2.55. The van der Waals surface area contributed by atoms with Gasteiger partial charge in [0, 0.05) is 32.0 Å². The maximum absolute atomic E-state index is 14.3. The van der Waals surface area contributed by atoms with Gasteiger partial charge in [0.15, 0.2) is 0 Å². The summed E-state index contributed by atoms with van der Waals surface area (Å²) in [4.78, 5) is 13.2. The molecule has 0 aliphatic carbocycles. The Hall–Kier alpha value is -2.36. The van der Waals surface area contributed by atoms with Crippen molar-refractivity contribution in [2.24, 2.45) is 0 Å². The molecular formula is C18H18FNO2. The fourth-order valence-corrected chi connectivity index (χ4v) is 2.57. The van der Waals surface area contributed by atoms with Gasteiger partial charge in [-0.05, 0) is 17.7 Å². The van der Waals surface area contributed by atoms with E-state index in [2.05, 4.69) is 0 Å². The SMILES string of the molecule is O=C1CCN(c2ccc(OCc3ccccc3)cc2F)CC1. The second-order valence-electron chi connectivity index (χ2n) is 5.41. The molecule has 0 unspecified atom stereocenters. The zero-order valence-corrected chi connectivity index (χ0v) is 12.3. The highest BCUT2D eigenvalue weighted by Gasteiger charge is 2.19. The second-order valence-corrected chi connectivity index (χ2v) is 5.41. The molecule has 3 rings (SSSR count). The van der Waals surface area contributed by atoms with E-state index in [0.717, 1.165) is 5.56 Å². The van der Waals surface area contributed by atoms with Gasteiger partial charge in [-0.2, -0.15) is 0 Å². The number of halogens is 1. The number of ether oxygens (including phenoxy) is 1. The van der Waals surface area contributed by atoms with Crippen LogP contribution in [-0.2, 0) is 11.4 Å². The number of hydrogen-bond donors (Lipinski definition) is 0. The van der Waals surface area contributed by atoms with Crippen molar-refractivity contribution in [2.45, 2.75) is 19.4 Å². The number of hydrogen-bond acceptors (Lipinski definition) is 3. The molecule has 3 nitrogen and oxygen atoms in total. The average molecular weight is 299 g/mol. The Morgan fingerprint density at radius 1 is 1.05 bits per heavy atom. The zero-order valence-electron chi connectivity index (χ0n) is 12.3. The van der Waals surface area contributed by atoms with E-state index >= 15 is 0 Å². The molecule has 1 fully saturated rings. The van der Waals surface area contributed by atoms with Gasteiger partial charge in [-0.3, -0.25) is 4.79 Å². The predicted molar refractivity (Wildman–Crippen MR) is 83.6 cm³/mol. The minimum absolute atomic E-state index is 0.250. The summed E-state index contributed by atoms with van der Waals surface area (Å²) in [5.74, 6) is 0.456. The van der Waals surface area contributed by atoms with E-state index in [9.17, 15) is 9.18 Å². The fraction of sp³-hybridized carbons (Fsp3) is 0.278. The van der Waals surface area contributed by atoms with Crippen molar-refractivity contribution < 1.29 is 13.9 Å². The molecule has 0 aromatic heterocycles. The molecule has 22 heavy (non-hydrogen) atoms. The Morgan fingerprint density at radius 2 is 1.77 bits per heavy atom. The third kappa shape index (κ3) is 3.45. The highest BCUT2D eigenvalue weighted by atomic mass is 19.1. The lowest BCUT2D eigenvalue weighted by Gasteiger charge is -2.28. The summed E-state index contributed by atoms with van der Waals surface area (Å²) in [6.07, 6.45) is 0.984. The number of carbonyl (C=O) groups excluding carboxylic acids is 1. The molecule has 1 saturated heterocycles. The molecule has 1 aliphatic heterocycles. The van der Waals surface area contributed by atoms with E-state index in [1.807, 2.05) is 35.2 Å². The van der Waals surface area contributed by atoms with Crippen LogP contribution in [0.15, 0.2) is 48.5 Å². The normalized spacial score (nSPS) is 15.0. The van der Waals surface area contributed by atoms with Crippen LogP contribution in [-0.4, -0.2) is 18.9 Å². The lowest BCUT2D eigenvalue weighted by Crippen LogP contribution is -2.34. The summed E-state index contributed by atoms with van der Waals surface area (Å²) < 4.78 is 19.9. The van der Waals surface area contributed by atoms with E-state index in [-0.39, 0.29) is 11.6 Å². The van der Waals surface area contributed by atoms with Gasteiger partial charge in [0.2, 0.25) is 0 Å². The van der Waals surface area contributed by atoms with E-state index in [1.54, 1.807) is 12.1 Å². The first kappa shape index (κ1) is 14.6. The first-order valence-corrected chi connectivity index (χ1v) is 7.45. The van der Waals surface area contributed by atoms with E-state index in [1.165, 1.54) is 6.07 Å². The van der Waals surface area contributed by atoms with Crippen molar-refractivity contribution in [3.8, 4) is 5.75 Å². The number of nitrogens with zero attached hydrogens (tertiary/aromatic N) is 1. The summed E-state index contributed by atoms with van der Waals surface area (Å²) in [5, 5.41) is 0. The third-order valence-corrected chi connectivity index (χ3v) is 3.83. The summed E-state index contributed by atoms with van der Waals surface area (Å²) >= 11 is 0. The van der Waals surface area contributed by atoms with Crippen LogP contribution < -0.4 is 9.64 Å². The number of Topliss-reactive ketones (excluding diaryl/α,β-unsaturated/α-hetero) is 1. The van der Waals surface area contributed by atoms with Gasteiger partial charge < -0.3 is 9.64 Å². The van der Waals surface area contributed by atoms with Crippen molar-refractivity contribution >= 4 is 11.5 Å². The molecule has 0 radical (unpaired) electrons. The number of ketones is 1. The highest BCUT2D eigenvalue weighted by Crippen LogP contribution is 2.26. The highest BCUT2D eigenvalue weighted by molar-refractivity contribution is 5.81.